The Kier molecular flexibility index (Phi) is 2.88. The summed E-state index contributed by atoms with van der Waals surface area (Å²) in [6.07, 6.45) is 3.05. The summed E-state index contributed by atoms with van der Waals surface area (Å²) in [5, 5.41) is 0. The van der Waals surface area contributed by atoms with Crippen LogP contribution in [-0.2, 0) is 15.1 Å². The number of rotatable bonds is 2. The Hall–Kier alpha value is -1.15. The zero-order valence-corrected chi connectivity index (χ0v) is 12.8. The summed E-state index contributed by atoms with van der Waals surface area (Å²) in [5.41, 5.74) is 0.757. The van der Waals surface area contributed by atoms with Gasteiger partial charge in [0.15, 0.2) is 0 Å². The Morgan fingerprint density at radius 2 is 1.80 bits per heavy atom. The van der Waals surface area contributed by atoms with Crippen molar-refractivity contribution in [2.75, 3.05) is 0 Å². The summed E-state index contributed by atoms with van der Waals surface area (Å²) >= 11 is 0. The fourth-order valence-corrected chi connectivity index (χ4v) is 4.88. The molecule has 1 aromatic rings. The van der Waals surface area contributed by atoms with E-state index in [1.54, 1.807) is 0 Å². The van der Waals surface area contributed by atoms with Gasteiger partial charge in [-0.15, -0.1) is 0 Å². The lowest BCUT2D eigenvalue weighted by molar-refractivity contribution is -0.184. The van der Waals surface area contributed by atoms with Gasteiger partial charge < -0.3 is 9.53 Å². The van der Waals surface area contributed by atoms with E-state index >= 15 is 0 Å². The molecule has 108 valence electrons. The molecule has 0 aromatic heterocycles. The minimum Gasteiger partial charge on any atom is -0.363 e. The van der Waals surface area contributed by atoms with Crippen LogP contribution in [0.15, 0.2) is 30.3 Å². The predicted molar refractivity (Wildman–Crippen MR) is 79.3 cm³/mol. The van der Waals surface area contributed by atoms with E-state index in [4.69, 9.17) is 4.74 Å². The van der Waals surface area contributed by atoms with Crippen molar-refractivity contribution < 1.29 is 9.53 Å². The second-order valence-electron chi connectivity index (χ2n) is 7.64. The normalized spacial score (nSPS) is 42.4. The van der Waals surface area contributed by atoms with E-state index < -0.39 is 0 Å². The van der Waals surface area contributed by atoms with Crippen LogP contribution in [0.5, 0.6) is 0 Å². The fourth-order valence-electron chi connectivity index (χ4n) is 4.88. The van der Waals surface area contributed by atoms with Crippen molar-refractivity contribution in [3.05, 3.63) is 35.9 Å². The van der Waals surface area contributed by atoms with Crippen LogP contribution in [0.3, 0.4) is 0 Å². The van der Waals surface area contributed by atoms with Gasteiger partial charge in [-0.05, 0) is 30.7 Å². The number of carbonyl (C=O) groups excluding carboxylic acids is 1. The number of carbonyl (C=O) groups is 1. The van der Waals surface area contributed by atoms with Gasteiger partial charge >= 0.3 is 0 Å². The van der Waals surface area contributed by atoms with Gasteiger partial charge in [-0.3, -0.25) is 0 Å². The highest BCUT2D eigenvalue weighted by molar-refractivity contribution is 5.58. The highest BCUT2D eigenvalue weighted by atomic mass is 16.5. The summed E-state index contributed by atoms with van der Waals surface area (Å²) < 4.78 is 6.58. The van der Waals surface area contributed by atoms with Crippen molar-refractivity contribution in [2.24, 2.45) is 17.3 Å². The molecule has 0 N–H and O–H groups in total. The molecule has 0 saturated carbocycles. The molecular formula is C18H24O2. The van der Waals surface area contributed by atoms with Crippen LogP contribution in [0.4, 0.5) is 0 Å². The molecule has 0 radical (unpaired) electrons. The molecule has 2 fully saturated rings. The Morgan fingerprint density at radius 3 is 2.40 bits per heavy atom. The zero-order valence-electron chi connectivity index (χ0n) is 12.8. The average molecular weight is 272 g/mol. The molecule has 4 atom stereocenters. The smallest absolute Gasteiger partial charge is 0.126 e. The number of benzene rings is 1. The molecule has 0 aliphatic carbocycles. The quantitative estimate of drug-likeness (QED) is 0.762. The van der Waals surface area contributed by atoms with Crippen molar-refractivity contribution in [1.29, 1.82) is 0 Å². The van der Waals surface area contributed by atoms with E-state index in [0.29, 0.717) is 0 Å². The Bertz CT molecular complexity index is 521. The average Bonchev–Trinajstić information content (AvgIpc) is 2.53. The third kappa shape index (κ3) is 1.77. The van der Waals surface area contributed by atoms with Crippen molar-refractivity contribution in [3.8, 4) is 0 Å². The number of hydrogen-bond acceptors (Lipinski definition) is 2. The van der Waals surface area contributed by atoms with E-state index in [1.807, 2.05) is 6.07 Å². The van der Waals surface area contributed by atoms with Crippen molar-refractivity contribution in [2.45, 2.75) is 51.7 Å². The maximum atomic E-state index is 11.7. The predicted octanol–water partition coefficient (Wildman–Crippen LogP) is 3.94. The van der Waals surface area contributed by atoms with E-state index in [1.165, 1.54) is 5.56 Å². The first-order chi connectivity index (χ1) is 9.33. The molecule has 2 heterocycles. The number of fused-ring (bicyclic) bond motifs is 2. The Morgan fingerprint density at radius 1 is 1.15 bits per heavy atom. The van der Waals surface area contributed by atoms with Crippen molar-refractivity contribution in [3.63, 3.8) is 0 Å². The number of hydrogen-bond donors (Lipinski definition) is 0. The van der Waals surface area contributed by atoms with Gasteiger partial charge in [0.05, 0.1) is 11.2 Å². The minimum atomic E-state index is -0.335. The molecule has 2 nitrogen and oxygen atoms in total. The van der Waals surface area contributed by atoms with Crippen molar-refractivity contribution >= 4 is 6.29 Å². The first-order valence-corrected chi connectivity index (χ1v) is 7.54. The molecule has 0 amide bonds. The lowest BCUT2D eigenvalue weighted by Crippen LogP contribution is -2.46. The number of aldehydes is 1. The van der Waals surface area contributed by atoms with Crippen LogP contribution < -0.4 is 0 Å². The number of ether oxygens (including phenoxy) is 1. The second-order valence-corrected chi connectivity index (χ2v) is 7.64. The van der Waals surface area contributed by atoms with Crippen LogP contribution in [0, 0.1) is 17.3 Å². The first-order valence-electron chi connectivity index (χ1n) is 7.54. The largest absolute Gasteiger partial charge is 0.363 e. The lowest BCUT2D eigenvalue weighted by Gasteiger charge is -2.48. The SMILES string of the molecule is C[C@H]1[C@H](C=O)[C@@]2(C)CC(C)(C)C[C@]1(c1ccccc1)O2. The van der Waals surface area contributed by atoms with Crippen LogP contribution in [0.1, 0.15) is 46.1 Å². The van der Waals surface area contributed by atoms with Crippen LogP contribution in [0.2, 0.25) is 0 Å². The molecule has 20 heavy (non-hydrogen) atoms. The summed E-state index contributed by atoms with van der Waals surface area (Å²) in [4.78, 5) is 11.7. The third-order valence-corrected chi connectivity index (χ3v) is 5.37. The Balaban J connectivity index is 2.16. The highest BCUT2D eigenvalue weighted by Crippen LogP contribution is 2.63. The summed E-state index contributed by atoms with van der Waals surface area (Å²) in [6.45, 7) is 8.89. The van der Waals surface area contributed by atoms with E-state index in [9.17, 15) is 4.79 Å². The zero-order chi connectivity index (χ0) is 14.6. The van der Waals surface area contributed by atoms with Crippen LogP contribution in [-0.4, -0.2) is 11.9 Å². The van der Waals surface area contributed by atoms with Crippen LogP contribution in [0.25, 0.3) is 0 Å². The molecule has 2 bridgehead atoms. The maximum absolute atomic E-state index is 11.7. The third-order valence-electron chi connectivity index (χ3n) is 5.37. The fraction of sp³-hybridized carbons (Fsp3) is 0.611. The molecule has 2 heteroatoms. The lowest BCUT2D eigenvalue weighted by atomic mass is 9.70. The first kappa shape index (κ1) is 13.8. The monoisotopic (exact) mass is 272 g/mol. The molecule has 1 aromatic carbocycles. The Labute approximate surface area is 121 Å². The molecule has 0 spiro atoms. The van der Waals surface area contributed by atoms with Gasteiger partial charge in [0.2, 0.25) is 0 Å². The summed E-state index contributed by atoms with van der Waals surface area (Å²) in [5.74, 6) is 0.193. The van der Waals surface area contributed by atoms with Gasteiger partial charge in [-0.25, -0.2) is 0 Å². The van der Waals surface area contributed by atoms with E-state index in [0.717, 1.165) is 19.1 Å². The van der Waals surface area contributed by atoms with Gasteiger partial charge in [-0.1, -0.05) is 51.1 Å². The van der Waals surface area contributed by atoms with Gasteiger partial charge in [0, 0.05) is 11.8 Å². The second kappa shape index (κ2) is 4.17. The minimum absolute atomic E-state index is 0.0236. The molecule has 3 rings (SSSR count). The van der Waals surface area contributed by atoms with Gasteiger partial charge in [-0.2, -0.15) is 0 Å². The highest BCUT2D eigenvalue weighted by Gasteiger charge is 2.64. The van der Waals surface area contributed by atoms with Crippen LogP contribution >= 0.6 is 0 Å². The molecule has 2 saturated heterocycles. The summed E-state index contributed by atoms with van der Waals surface area (Å²) in [6, 6.07) is 10.4. The molecule has 2 aliphatic heterocycles. The topological polar surface area (TPSA) is 26.3 Å². The molecule has 2 aliphatic rings. The van der Waals surface area contributed by atoms with E-state index in [2.05, 4.69) is 52.0 Å². The summed E-state index contributed by atoms with van der Waals surface area (Å²) in [7, 11) is 0. The standard InChI is InChI=1S/C18H24O2/c1-13-15(10-19)17(4)11-16(2,3)12-18(13,20-17)14-8-6-5-7-9-14/h5-10,13,15H,11-12H2,1-4H3/t13-,15-,17+,18-/m0/s1. The molecular weight excluding hydrogens is 248 g/mol. The van der Waals surface area contributed by atoms with E-state index in [-0.39, 0.29) is 28.5 Å². The van der Waals surface area contributed by atoms with Gasteiger partial charge in [0.25, 0.3) is 0 Å². The van der Waals surface area contributed by atoms with Gasteiger partial charge in [0.1, 0.15) is 6.29 Å². The van der Waals surface area contributed by atoms with Crippen molar-refractivity contribution in [1.82, 2.24) is 0 Å². The maximum Gasteiger partial charge on any atom is 0.126 e. The molecule has 0 unspecified atom stereocenters.